The lowest BCUT2D eigenvalue weighted by atomic mass is 10.0. The van der Waals surface area contributed by atoms with Gasteiger partial charge in [-0.2, -0.15) is 13.5 Å². The van der Waals surface area contributed by atoms with E-state index in [-0.39, 0.29) is 25.8 Å². The Labute approximate surface area is 166 Å². The van der Waals surface area contributed by atoms with Crippen LogP contribution in [0.15, 0.2) is 24.3 Å². The smallest absolute Gasteiger partial charge is 0.326 e. The van der Waals surface area contributed by atoms with Gasteiger partial charge in [-0.15, -0.1) is 4.28 Å². The van der Waals surface area contributed by atoms with E-state index < -0.39 is 40.3 Å². The number of nitrogens with zero attached hydrogens (tertiary/aromatic N) is 2. The molecular formula is C16H21N5O7S. The van der Waals surface area contributed by atoms with Crippen molar-refractivity contribution in [1.29, 1.82) is 0 Å². The van der Waals surface area contributed by atoms with Crippen molar-refractivity contribution in [2.45, 2.75) is 37.9 Å². The highest BCUT2D eigenvalue weighted by Gasteiger charge is 2.49. The van der Waals surface area contributed by atoms with Crippen LogP contribution in [0.5, 0.6) is 0 Å². The predicted molar refractivity (Wildman–Crippen MR) is 97.7 cm³/mol. The van der Waals surface area contributed by atoms with Crippen LogP contribution in [-0.4, -0.2) is 59.4 Å². The molecule has 0 spiro atoms. The summed E-state index contributed by atoms with van der Waals surface area (Å²) >= 11 is 0. The summed E-state index contributed by atoms with van der Waals surface area (Å²) in [7, 11) is -4.86. The molecule has 2 aliphatic rings. The van der Waals surface area contributed by atoms with Crippen LogP contribution in [0.25, 0.3) is 0 Å². The van der Waals surface area contributed by atoms with Gasteiger partial charge >= 0.3 is 16.4 Å². The number of piperidine rings is 1. The van der Waals surface area contributed by atoms with E-state index in [0.717, 1.165) is 16.0 Å². The van der Waals surface area contributed by atoms with Gasteiger partial charge in [-0.05, 0) is 24.0 Å². The zero-order chi connectivity index (χ0) is 21.2. The number of carbonyl (C=O) groups is 3. The molecule has 2 bridgehead atoms. The Morgan fingerprint density at radius 1 is 1.17 bits per heavy atom. The SMILES string of the molecule is NCc1ccc(CC(=O)NNC(=O)[C@@H]2CC[C@@H]3CN2C(=O)N3OS(=O)(=O)O)cc1. The van der Waals surface area contributed by atoms with Crippen LogP contribution in [-0.2, 0) is 37.2 Å². The van der Waals surface area contributed by atoms with E-state index in [1.54, 1.807) is 24.3 Å². The van der Waals surface area contributed by atoms with Crippen molar-refractivity contribution in [1.82, 2.24) is 20.8 Å². The average molecular weight is 427 g/mol. The number of nitrogens with two attached hydrogens (primary N) is 1. The molecule has 5 N–H and O–H groups in total. The van der Waals surface area contributed by atoms with Crippen molar-refractivity contribution >= 4 is 28.2 Å². The zero-order valence-electron chi connectivity index (χ0n) is 15.3. The van der Waals surface area contributed by atoms with Crippen LogP contribution in [0.1, 0.15) is 24.0 Å². The minimum absolute atomic E-state index is 0.0382. The van der Waals surface area contributed by atoms with Crippen molar-refractivity contribution in [2.24, 2.45) is 5.73 Å². The zero-order valence-corrected chi connectivity index (χ0v) is 16.1. The molecule has 4 amide bonds. The Bertz CT molecular complexity index is 905. The van der Waals surface area contributed by atoms with Crippen molar-refractivity contribution in [3.05, 3.63) is 35.4 Å². The first kappa shape index (κ1) is 21.0. The summed E-state index contributed by atoms with van der Waals surface area (Å²) in [5.74, 6) is -1.06. The van der Waals surface area contributed by atoms with E-state index in [2.05, 4.69) is 15.1 Å². The van der Waals surface area contributed by atoms with Crippen LogP contribution < -0.4 is 16.6 Å². The van der Waals surface area contributed by atoms with Crippen LogP contribution in [0.3, 0.4) is 0 Å². The molecule has 158 valence electrons. The van der Waals surface area contributed by atoms with Gasteiger partial charge in [-0.25, -0.2) is 4.79 Å². The molecule has 2 aliphatic heterocycles. The fourth-order valence-electron chi connectivity index (χ4n) is 3.34. The largest absolute Gasteiger partial charge is 0.418 e. The number of rotatable bonds is 6. The van der Waals surface area contributed by atoms with Gasteiger partial charge in [0, 0.05) is 13.1 Å². The normalized spacial score (nSPS) is 21.2. The minimum Gasteiger partial charge on any atom is -0.326 e. The molecule has 2 atom stereocenters. The third-order valence-corrected chi connectivity index (χ3v) is 5.10. The second-order valence-electron chi connectivity index (χ2n) is 6.74. The maximum Gasteiger partial charge on any atom is 0.418 e. The van der Waals surface area contributed by atoms with Crippen molar-refractivity contribution in [3.63, 3.8) is 0 Å². The fraction of sp³-hybridized carbons (Fsp3) is 0.438. The molecule has 1 aromatic carbocycles. The molecule has 29 heavy (non-hydrogen) atoms. The van der Waals surface area contributed by atoms with Gasteiger partial charge in [0.2, 0.25) is 5.91 Å². The van der Waals surface area contributed by atoms with E-state index >= 15 is 0 Å². The maximum absolute atomic E-state index is 12.4. The number of hydrogen-bond donors (Lipinski definition) is 4. The first-order valence-corrected chi connectivity index (χ1v) is 10.2. The molecule has 0 unspecified atom stereocenters. The highest BCUT2D eigenvalue weighted by molar-refractivity contribution is 7.80. The van der Waals surface area contributed by atoms with Gasteiger partial charge in [0.15, 0.2) is 0 Å². The van der Waals surface area contributed by atoms with Crippen LogP contribution in [0.4, 0.5) is 4.79 Å². The minimum atomic E-state index is -4.86. The number of fused-ring (bicyclic) bond motifs is 2. The van der Waals surface area contributed by atoms with Crippen molar-refractivity contribution in [3.8, 4) is 0 Å². The van der Waals surface area contributed by atoms with Crippen molar-refractivity contribution in [2.75, 3.05) is 6.54 Å². The Morgan fingerprint density at radius 2 is 1.83 bits per heavy atom. The number of nitrogens with one attached hydrogen (secondary N) is 2. The molecule has 12 nitrogen and oxygen atoms in total. The van der Waals surface area contributed by atoms with Gasteiger partial charge in [-0.1, -0.05) is 24.3 Å². The Morgan fingerprint density at radius 3 is 2.45 bits per heavy atom. The molecule has 13 heteroatoms. The lowest BCUT2D eigenvalue weighted by molar-refractivity contribution is -0.131. The molecule has 1 aromatic rings. The van der Waals surface area contributed by atoms with Crippen LogP contribution >= 0.6 is 0 Å². The number of urea groups is 1. The number of hydrogen-bond acceptors (Lipinski definition) is 7. The highest BCUT2D eigenvalue weighted by Crippen LogP contribution is 2.30. The molecule has 0 radical (unpaired) electrons. The third-order valence-electron chi connectivity index (χ3n) is 4.75. The molecule has 2 fully saturated rings. The molecule has 3 rings (SSSR count). The summed E-state index contributed by atoms with van der Waals surface area (Å²) < 4.78 is 34.9. The second kappa shape index (κ2) is 8.32. The van der Waals surface area contributed by atoms with Gasteiger partial charge < -0.3 is 10.6 Å². The molecule has 2 heterocycles. The lowest BCUT2D eigenvalue weighted by Gasteiger charge is -2.29. The Kier molecular flexibility index (Phi) is 6.02. The lowest BCUT2D eigenvalue weighted by Crippen LogP contribution is -2.54. The van der Waals surface area contributed by atoms with Crippen molar-refractivity contribution < 1.29 is 31.6 Å². The summed E-state index contributed by atoms with van der Waals surface area (Å²) in [6, 6.07) is 4.78. The molecule has 0 aromatic heterocycles. The Hall–Kier alpha value is -2.74. The van der Waals surface area contributed by atoms with E-state index in [4.69, 9.17) is 10.3 Å². The first-order chi connectivity index (χ1) is 13.7. The summed E-state index contributed by atoms with van der Waals surface area (Å²) in [4.78, 5) is 37.9. The average Bonchev–Trinajstić information content (AvgIpc) is 2.90. The van der Waals surface area contributed by atoms with E-state index in [1.165, 1.54) is 0 Å². The summed E-state index contributed by atoms with van der Waals surface area (Å²) in [5.41, 5.74) is 11.8. The maximum atomic E-state index is 12.4. The number of carbonyl (C=O) groups excluding carboxylic acids is 3. The van der Waals surface area contributed by atoms with Crippen LogP contribution in [0, 0.1) is 0 Å². The molecule has 2 saturated heterocycles. The second-order valence-corrected chi connectivity index (χ2v) is 7.75. The quantitative estimate of drug-likeness (QED) is 0.325. The monoisotopic (exact) mass is 427 g/mol. The summed E-state index contributed by atoms with van der Waals surface area (Å²) in [6.07, 6.45) is 0.567. The fourth-order valence-corrected chi connectivity index (χ4v) is 3.73. The highest BCUT2D eigenvalue weighted by atomic mass is 32.3. The number of hydrazine groups is 1. The van der Waals surface area contributed by atoms with Gasteiger partial charge in [0.25, 0.3) is 5.91 Å². The molecule has 0 aliphatic carbocycles. The molecule has 0 saturated carbocycles. The Balaban J connectivity index is 1.53. The number of benzene rings is 1. The third kappa shape index (κ3) is 5.00. The summed E-state index contributed by atoms with van der Waals surface area (Å²) in [5, 5.41) is 0.548. The van der Waals surface area contributed by atoms with Gasteiger partial charge in [-0.3, -0.25) is 25.0 Å². The summed E-state index contributed by atoms with van der Waals surface area (Å²) in [6.45, 7) is 0.459. The van der Waals surface area contributed by atoms with Crippen LogP contribution in [0.2, 0.25) is 0 Å². The molecular weight excluding hydrogens is 406 g/mol. The van der Waals surface area contributed by atoms with Gasteiger partial charge in [0.05, 0.1) is 12.5 Å². The number of hydroxylamine groups is 2. The first-order valence-electron chi connectivity index (χ1n) is 8.81. The predicted octanol–water partition coefficient (Wildman–Crippen LogP) is -1.16. The van der Waals surface area contributed by atoms with E-state index in [9.17, 15) is 22.8 Å². The van der Waals surface area contributed by atoms with E-state index in [0.29, 0.717) is 11.6 Å². The van der Waals surface area contributed by atoms with E-state index in [1.807, 2.05) is 0 Å². The number of amides is 4. The topological polar surface area (TPSA) is 171 Å². The standard InChI is InChI=1S/C16H21N5O7S/c17-8-11-3-1-10(2-4-11)7-14(22)18-19-15(23)13-6-5-12-9-20(13)16(24)21(12)28-29(25,26)27/h1-4,12-13H,5-9,17H2,(H,18,22)(H,19,23)(H,25,26,27)/t12-,13+/m1/s1. The van der Waals surface area contributed by atoms with Gasteiger partial charge in [0.1, 0.15) is 6.04 Å².